The number of nitrogens with zero attached hydrogens (tertiary/aromatic N) is 2. The molecule has 2 amide bonds. The molecule has 0 aromatic heterocycles. The largest absolute Gasteiger partial charge is 0.438 e. The van der Waals surface area contributed by atoms with E-state index in [2.05, 4.69) is 0 Å². The van der Waals surface area contributed by atoms with E-state index in [4.69, 9.17) is 4.74 Å². The second kappa shape index (κ2) is 8.35. The smallest absolute Gasteiger partial charge is 0.432 e. The van der Waals surface area contributed by atoms with Crippen molar-refractivity contribution in [3.05, 3.63) is 71.8 Å². The zero-order chi connectivity index (χ0) is 19.4. The molecule has 0 saturated carbocycles. The summed E-state index contributed by atoms with van der Waals surface area (Å²) in [6, 6.07) is 19.3. The molecule has 2 aromatic rings. The van der Waals surface area contributed by atoms with Crippen LogP contribution in [0.4, 0.5) is 4.79 Å². The molecule has 1 fully saturated rings. The summed E-state index contributed by atoms with van der Waals surface area (Å²) in [6.45, 7) is 5.95. The van der Waals surface area contributed by atoms with Gasteiger partial charge >= 0.3 is 6.09 Å². The Kier molecular flexibility index (Phi) is 5.91. The highest BCUT2D eigenvalue weighted by molar-refractivity contribution is 5.92. The van der Waals surface area contributed by atoms with Crippen LogP contribution in [0.25, 0.3) is 0 Å². The van der Waals surface area contributed by atoms with E-state index in [0.29, 0.717) is 6.42 Å². The van der Waals surface area contributed by atoms with Gasteiger partial charge in [-0.2, -0.15) is 10.0 Å². The molecule has 2 atom stereocenters. The van der Waals surface area contributed by atoms with E-state index in [1.54, 1.807) is 0 Å². The molecule has 0 spiro atoms. The number of imide groups is 1. The first-order valence-corrected chi connectivity index (χ1v) is 9.39. The van der Waals surface area contributed by atoms with Crippen molar-refractivity contribution in [3.63, 3.8) is 0 Å². The summed E-state index contributed by atoms with van der Waals surface area (Å²) in [7, 11) is 0. The Bertz CT molecular complexity index is 769. The number of ether oxygens (including phenoxy) is 1. The lowest BCUT2D eigenvalue weighted by atomic mass is 10.0. The maximum atomic E-state index is 12.9. The van der Waals surface area contributed by atoms with E-state index in [9.17, 15) is 9.59 Å². The number of carbonyl (C=O) groups is 2. The number of cyclic esters (lactones) is 1. The third-order valence-corrected chi connectivity index (χ3v) is 4.85. The van der Waals surface area contributed by atoms with Crippen molar-refractivity contribution < 1.29 is 14.3 Å². The van der Waals surface area contributed by atoms with E-state index in [-0.39, 0.29) is 24.4 Å². The molecule has 0 radical (unpaired) electrons. The monoisotopic (exact) mass is 366 g/mol. The van der Waals surface area contributed by atoms with Gasteiger partial charge in [-0.3, -0.25) is 4.79 Å². The van der Waals surface area contributed by atoms with Gasteiger partial charge in [-0.05, 0) is 38.3 Å². The van der Waals surface area contributed by atoms with Crippen molar-refractivity contribution >= 4 is 12.0 Å². The van der Waals surface area contributed by atoms with Crippen molar-refractivity contribution in [2.24, 2.45) is 0 Å². The molecule has 1 saturated heterocycles. The molecule has 1 aliphatic rings. The quantitative estimate of drug-likeness (QED) is 0.789. The van der Waals surface area contributed by atoms with Gasteiger partial charge in [0.15, 0.2) is 0 Å². The Hall–Kier alpha value is -2.66. The fourth-order valence-corrected chi connectivity index (χ4v) is 3.60. The van der Waals surface area contributed by atoms with Gasteiger partial charge in [0.25, 0.3) is 0 Å². The number of benzene rings is 2. The number of hydrogen-bond acceptors (Lipinski definition) is 4. The lowest BCUT2D eigenvalue weighted by Gasteiger charge is -2.46. The highest BCUT2D eigenvalue weighted by Crippen LogP contribution is 2.33. The molecule has 5 heteroatoms. The Labute approximate surface area is 160 Å². The van der Waals surface area contributed by atoms with Crippen molar-refractivity contribution in [2.45, 2.75) is 51.8 Å². The lowest BCUT2D eigenvalue weighted by Crippen LogP contribution is -2.62. The van der Waals surface area contributed by atoms with Gasteiger partial charge in [0.2, 0.25) is 5.91 Å². The Morgan fingerprint density at radius 1 is 1.04 bits per heavy atom. The van der Waals surface area contributed by atoms with E-state index >= 15 is 0 Å². The third-order valence-electron chi connectivity index (χ3n) is 4.85. The maximum Gasteiger partial charge on any atom is 0.432 e. The average Bonchev–Trinajstić information content (AvgIpc) is 2.68. The molecule has 0 unspecified atom stereocenters. The van der Waals surface area contributed by atoms with Gasteiger partial charge in [0.1, 0.15) is 6.10 Å². The van der Waals surface area contributed by atoms with Crippen LogP contribution in [0, 0.1) is 0 Å². The molecule has 3 rings (SSSR count). The van der Waals surface area contributed by atoms with E-state index in [0.717, 1.165) is 11.1 Å². The highest BCUT2D eigenvalue weighted by atomic mass is 16.6. The predicted molar refractivity (Wildman–Crippen MR) is 104 cm³/mol. The topological polar surface area (TPSA) is 49.9 Å². The molecular formula is C22H26N2O3. The van der Waals surface area contributed by atoms with Gasteiger partial charge < -0.3 is 4.74 Å². The second-order valence-corrected chi connectivity index (χ2v) is 7.12. The average molecular weight is 366 g/mol. The maximum absolute atomic E-state index is 12.9. The molecule has 1 aliphatic heterocycles. The number of carbonyl (C=O) groups excluding carboxylic acids is 2. The Balaban J connectivity index is 1.78. The minimum Gasteiger partial charge on any atom is -0.438 e. The van der Waals surface area contributed by atoms with Crippen LogP contribution >= 0.6 is 0 Å². The van der Waals surface area contributed by atoms with Crippen LogP contribution in [0.15, 0.2) is 60.7 Å². The normalized spacial score (nSPS) is 20.6. The number of aryl methyl sites for hydroxylation is 1. The number of rotatable bonds is 5. The van der Waals surface area contributed by atoms with Crippen LogP contribution in [0.1, 0.15) is 44.4 Å². The molecule has 1 heterocycles. The lowest BCUT2D eigenvalue weighted by molar-refractivity contribution is -0.175. The van der Waals surface area contributed by atoms with Crippen LogP contribution in [0.3, 0.4) is 0 Å². The highest BCUT2D eigenvalue weighted by Gasteiger charge is 2.44. The van der Waals surface area contributed by atoms with Gasteiger partial charge in [-0.25, -0.2) is 4.79 Å². The van der Waals surface area contributed by atoms with Crippen LogP contribution in [-0.4, -0.2) is 34.1 Å². The van der Waals surface area contributed by atoms with E-state index in [1.807, 2.05) is 86.4 Å². The van der Waals surface area contributed by atoms with Crippen molar-refractivity contribution in [1.29, 1.82) is 0 Å². The van der Waals surface area contributed by atoms with Gasteiger partial charge in [-0.1, -0.05) is 60.7 Å². The summed E-state index contributed by atoms with van der Waals surface area (Å²) in [5.41, 5.74) is 2.00. The second-order valence-electron chi connectivity index (χ2n) is 7.12. The fraction of sp³-hybridized carbons (Fsp3) is 0.364. The van der Waals surface area contributed by atoms with Crippen LogP contribution in [0.2, 0.25) is 0 Å². The Morgan fingerprint density at radius 3 is 2.22 bits per heavy atom. The summed E-state index contributed by atoms with van der Waals surface area (Å²) in [4.78, 5) is 25.6. The molecule has 142 valence electrons. The van der Waals surface area contributed by atoms with Crippen LogP contribution in [0.5, 0.6) is 0 Å². The molecule has 0 aliphatic carbocycles. The molecule has 0 N–H and O–H groups in total. The first-order chi connectivity index (χ1) is 13.0. The number of amides is 2. The third kappa shape index (κ3) is 4.19. The summed E-state index contributed by atoms with van der Waals surface area (Å²) in [5, 5.41) is 3.04. The minimum atomic E-state index is -0.603. The van der Waals surface area contributed by atoms with Gasteiger partial charge in [0.05, 0.1) is 6.04 Å². The van der Waals surface area contributed by atoms with Crippen LogP contribution in [-0.2, 0) is 16.0 Å². The summed E-state index contributed by atoms with van der Waals surface area (Å²) >= 11 is 0. The molecule has 0 bridgehead atoms. The Morgan fingerprint density at radius 2 is 1.63 bits per heavy atom. The van der Waals surface area contributed by atoms with Gasteiger partial charge in [0, 0.05) is 12.5 Å². The minimum absolute atomic E-state index is 0.0141. The molecular weight excluding hydrogens is 340 g/mol. The zero-order valence-corrected chi connectivity index (χ0v) is 16.0. The van der Waals surface area contributed by atoms with Crippen molar-refractivity contribution in [2.75, 3.05) is 0 Å². The van der Waals surface area contributed by atoms with Crippen molar-refractivity contribution in [1.82, 2.24) is 10.0 Å². The summed E-state index contributed by atoms with van der Waals surface area (Å²) < 4.78 is 5.68. The number of hydrazine groups is 1. The predicted octanol–water partition coefficient (Wildman–Crippen LogP) is 4.35. The van der Waals surface area contributed by atoms with Crippen LogP contribution < -0.4 is 0 Å². The van der Waals surface area contributed by atoms with Gasteiger partial charge in [-0.15, -0.1) is 0 Å². The molecule has 5 nitrogen and oxygen atoms in total. The number of hydrogen-bond donors (Lipinski definition) is 0. The molecule has 27 heavy (non-hydrogen) atoms. The first kappa shape index (κ1) is 19.1. The van der Waals surface area contributed by atoms with E-state index < -0.39 is 12.2 Å². The van der Waals surface area contributed by atoms with E-state index in [1.165, 1.54) is 5.01 Å². The first-order valence-electron chi connectivity index (χ1n) is 9.39. The zero-order valence-electron chi connectivity index (χ0n) is 16.0. The summed E-state index contributed by atoms with van der Waals surface area (Å²) in [5.74, 6) is -0.240. The van der Waals surface area contributed by atoms with Crippen molar-refractivity contribution in [3.8, 4) is 0 Å². The summed E-state index contributed by atoms with van der Waals surface area (Å²) in [6.07, 6.45) is -0.162. The molecule has 2 aromatic carbocycles. The standard InChI is InChI=1S/C22H26N2O3/c1-16(2)23-17(3)21(19-12-8-5-9-13-19)27-22(26)24(23)20(25)15-14-18-10-6-4-7-11-18/h4-13,16-17,21H,14-15H2,1-3H3/t17-,21-/m0/s1. The SMILES string of the molecule is CC(C)N1[C@@H](C)[C@@H](c2ccccc2)OC(=O)N1C(=O)CCc1ccccc1. The fourth-order valence-electron chi connectivity index (χ4n) is 3.60.